The summed E-state index contributed by atoms with van der Waals surface area (Å²) in [5.41, 5.74) is 1.62. The first kappa shape index (κ1) is 15.5. The summed E-state index contributed by atoms with van der Waals surface area (Å²) in [5.74, 6) is -1.11. The number of carboxylic acid groups (broad SMARTS) is 1. The normalized spacial score (nSPS) is 21.5. The van der Waals surface area contributed by atoms with Gasteiger partial charge in [0.2, 0.25) is 5.91 Å². The topological polar surface area (TPSA) is 66.4 Å². The van der Waals surface area contributed by atoms with Crippen molar-refractivity contribution in [3.63, 3.8) is 0 Å². The van der Waals surface area contributed by atoms with Gasteiger partial charge in [-0.25, -0.2) is 0 Å². The number of benzene rings is 1. The molecule has 2 N–H and O–H groups in total. The molecule has 1 aromatic rings. The average molecular weight is 289 g/mol. The van der Waals surface area contributed by atoms with Crippen molar-refractivity contribution in [2.75, 3.05) is 0 Å². The highest BCUT2D eigenvalue weighted by molar-refractivity contribution is 5.87. The van der Waals surface area contributed by atoms with Crippen LogP contribution in [0.1, 0.15) is 44.7 Å². The van der Waals surface area contributed by atoms with Crippen molar-refractivity contribution < 1.29 is 14.7 Å². The van der Waals surface area contributed by atoms with E-state index in [4.69, 9.17) is 5.11 Å². The zero-order valence-electron chi connectivity index (χ0n) is 12.8. The first-order chi connectivity index (χ1) is 9.84. The van der Waals surface area contributed by atoms with Crippen molar-refractivity contribution in [3.05, 3.63) is 35.4 Å². The Morgan fingerprint density at radius 2 is 1.81 bits per heavy atom. The highest BCUT2D eigenvalue weighted by Gasteiger charge is 2.38. The lowest BCUT2D eigenvalue weighted by molar-refractivity contribution is -0.146. The van der Waals surface area contributed by atoms with Crippen LogP contribution in [0.15, 0.2) is 24.3 Å². The summed E-state index contributed by atoms with van der Waals surface area (Å²) >= 11 is 0. The SMILES string of the molecule is CCc1ccc(C(C)(C)C(=O)NC2CC(C(=O)O)C2)cc1. The van der Waals surface area contributed by atoms with Gasteiger partial charge in [-0.2, -0.15) is 0 Å². The van der Waals surface area contributed by atoms with Gasteiger partial charge in [-0.1, -0.05) is 31.2 Å². The summed E-state index contributed by atoms with van der Waals surface area (Å²) in [6, 6.07) is 8.09. The van der Waals surface area contributed by atoms with E-state index in [0.717, 1.165) is 12.0 Å². The number of carbonyl (C=O) groups is 2. The number of amides is 1. The summed E-state index contributed by atoms with van der Waals surface area (Å²) in [5, 5.41) is 11.8. The van der Waals surface area contributed by atoms with Gasteiger partial charge in [-0.05, 0) is 44.2 Å². The molecule has 114 valence electrons. The van der Waals surface area contributed by atoms with Crippen molar-refractivity contribution in [3.8, 4) is 0 Å². The number of carbonyl (C=O) groups excluding carboxylic acids is 1. The van der Waals surface area contributed by atoms with Crippen molar-refractivity contribution in [1.82, 2.24) is 5.32 Å². The van der Waals surface area contributed by atoms with Crippen LogP contribution < -0.4 is 5.32 Å². The Morgan fingerprint density at radius 1 is 1.24 bits per heavy atom. The molecule has 0 saturated heterocycles. The number of rotatable bonds is 5. The summed E-state index contributed by atoms with van der Waals surface area (Å²) in [6.45, 7) is 5.90. The van der Waals surface area contributed by atoms with Gasteiger partial charge in [-0.15, -0.1) is 0 Å². The lowest BCUT2D eigenvalue weighted by Gasteiger charge is -2.35. The van der Waals surface area contributed by atoms with Crippen molar-refractivity contribution in [2.45, 2.75) is 51.5 Å². The van der Waals surface area contributed by atoms with Gasteiger partial charge in [0.25, 0.3) is 0 Å². The minimum atomic E-state index is -0.769. The van der Waals surface area contributed by atoms with Crippen LogP contribution in [-0.4, -0.2) is 23.0 Å². The predicted octanol–water partition coefficient (Wildman–Crippen LogP) is 2.51. The van der Waals surface area contributed by atoms with E-state index in [0.29, 0.717) is 12.8 Å². The minimum Gasteiger partial charge on any atom is -0.481 e. The van der Waals surface area contributed by atoms with Gasteiger partial charge >= 0.3 is 5.97 Å². The second-order valence-corrected chi connectivity index (χ2v) is 6.35. The molecule has 21 heavy (non-hydrogen) atoms. The van der Waals surface area contributed by atoms with E-state index in [9.17, 15) is 9.59 Å². The summed E-state index contributed by atoms with van der Waals surface area (Å²) < 4.78 is 0. The quantitative estimate of drug-likeness (QED) is 0.875. The standard InChI is InChI=1S/C17H23NO3/c1-4-11-5-7-13(8-6-11)17(2,3)16(21)18-14-9-12(10-14)15(19)20/h5-8,12,14H,4,9-10H2,1-3H3,(H,18,21)(H,19,20). The molecule has 1 aliphatic rings. The Morgan fingerprint density at radius 3 is 2.29 bits per heavy atom. The zero-order valence-corrected chi connectivity index (χ0v) is 12.8. The number of aryl methyl sites for hydroxylation is 1. The molecule has 1 aromatic carbocycles. The molecule has 2 rings (SSSR count). The molecule has 0 atom stereocenters. The molecule has 4 nitrogen and oxygen atoms in total. The molecular weight excluding hydrogens is 266 g/mol. The fourth-order valence-corrected chi connectivity index (χ4v) is 2.59. The summed E-state index contributed by atoms with van der Waals surface area (Å²) in [6.07, 6.45) is 2.05. The van der Waals surface area contributed by atoms with E-state index in [2.05, 4.69) is 12.2 Å². The maximum Gasteiger partial charge on any atom is 0.306 e. The van der Waals surface area contributed by atoms with E-state index in [1.54, 1.807) is 0 Å². The Labute approximate surface area is 125 Å². The summed E-state index contributed by atoms with van der Waals surface area (Å²) in [4.78, 5) is 23.2. The number of carboxylic acids is 1. The third-order valence-electron chi connectivity index (χ3n) is 4.47. The van der Waals surface area contributed by atoms with Crippen LogP contribution >= 0.6 is 0 Å². The van der Waals surface area contributed by atoms with Gasteiger partial charge in [0.1, 0.15) is 0 Å². The number of hydrogen-bond donors (Lipinski definition) is 2. The smallest absolute Gasteiger partial charge is 0.306 e. The Balaban J connectivity index is 1.98. The van der Waals surface area contributed by atoms with Crippen molar-refractivity contribution in [1.29, 1.82) is 0 Å². The molecule has 0 radical (unpaired) electrons. The highest BCUT2D eigenvalue weighted by atomic mass is 16.4. The first-order valence-electron chi connectivity index (χ1n) is 7.47. The highest BCUT2D eigenvalue weighted by Crippen LogP contribution is 2.30. The monoisotopic (exact) mass is 289 g/mol. The Kier molecular flexibility index (Phi) is 4.35. The van der Waals surface area contributed by atoms with Crippen molar-refractivity contribution >= 4 is 11.9 Å². The number of aliphatic carboxylic acids is 1. The molecule has 0 spiro atoms. The maximum absolute atomic E-state index is 12.4. The largest absolute Gasteiger partial charge is 0.481 e. The molecule has 0 unspecified atom stereocenters. The molecule has 1 fully saturated rings. The molecule has 1 amide bonds. The van der Waals surface area contributed by atoms with Gasteiger partial charge < -0.3 is 10.4 Å². The van der Waals surface area contributed by atoms with Crippen LogP contribution in [0.2, 0.25) is 0 Å². The molecule has 0 aromatic heterocycles. The zero-order chi connectivity index (χ0) is 15.6. The second-order valence-electron chi connectivity index (χ2n) is 6.35. The third kappa shape index (κ3) is 3.26. The van der Waals surface area contributed by atoms with E-state index in [-0.39, 0.29) is 17.9 Å². The van der Waals surface area contributed by atoms with Crippen molar-refractivity contribution in [2.24, 2.45) is 5.92 Å². The van der Waals surface area contributed by atoms with Gasteiger partial charge in [0.05, 0.1) is 11.3 Å². The molecule has 1 aliphatic carbocycles. The second kappa shape index (κ2) is 5.88. The van der Waals surface area contributed by atoms with Crippen LogP contribution in [0.3, 0.4) is 0 Å². The van der Waals surface area contributed by atoms with Crippen LogP contribution in [0.25, 0.3) is 0 Å². The fourth-order valence-electron chi connectivity index (χ4n) is 2.59. The van der Waals surface area contributed by atoms with Gasteiger partial charge in [0.15, 0.2) is 0 Å². The number of nitrogens with one attached hydrogen (secondary N) is 1. The van der Waals surface area contributed by atoms with Gasteiger partial charge in [-0.3, -0.25) is 9.59 Å². The molecule has 0 heterocycles. The molecule has 4 heteroatoms. The van der Waals surface area contributed by atoms with E-state index < -0.39 is 11.4 Å². The predicted molar refractivity (Wildman–Crippen MR) is 81.1 cm³/mol. The first-order valence-corrected chi connectivity index (χ1v) is 7.47. The lowest BCUT2D eigenvalue weighted by Crippen LogP contribution is -2.51. The van der Waals surface area contributed by atoms with E-state index >= 15 is 0 Å². The Bertz CT molecular complexity index is 527. The Hall–Kier alpha value is -1.84. The summed E-state index contributed by atoms with van der Waals surface area (Å²) in [7, 11) is 0. The minimum absolute atomic E-state index is 0.00668. The van der Waals surface area contributed by atoms with E-state index in [1.165, 1.54) is 5.56 Å². The van der Waals surface area contributed by atoms with Crippen LogP contribution in [0.4, 0.5) is 0 Å². The van der Waals surface area contributed by atoms with Crippen LogP contribution in [0.5, 0.6) is 0 Å². The van der Waals surface area contributed by atoms with Crippen LogP contribution in [-0.2, 0) is 21.4 Å². The molecular formula is C17H23NO3. The fraction of sp³-hybridized carbons (Fsp3) is 0.529. The number of hydrogen-bond acceptors (Lipinski definition) is 2. The molecule has 1 saturated carbocycles. The average Bonchev–Trinajstić information content (AvgIpc) is 2.41. The maximum atomic E-state index is 12.4. The molecule has 0 aliphatic heterocycles. The molecule has 0 bridgehead atoms. The van der Waals surface area contributed by atoms with Crippen LogP contribution in [0, 0.1) is 5.92 Å². The third-order valence-corrected chi connectivity index (χ3v) is 4.47. The van der Waals surface area contributed by atoms with Gasteiger partial charge in [0, 0.05) is 6.04 Å². The van der Waals surface area contributed by atoms with E-state index in [1.807, 2.05) is 38.1 Å². The lowest BCUT2D eigenvalue weighted by atomic mass is 9.78.